The summed E-state index contributed by atoms with van der Waals surface area (Å²) in [6.07, 6.45) is 3.93. The average Bonchev–Trinajstić information content (AvgIpc) is 2.69. The molecule has 1 aliphatic rings. The Morgan fingerprint density at radius 2 is 1.86 bits per heavy atom. The maximum atomic E-state index is 13.3. The third kappa shape index (κ3) is 4.57. The minimum absolute atomic E-state index is 0.0167. The Hall–Kier alpha value is -1.88. The van der Waals surface area contributed by atoms with Crippen molar-refractivity contribution in [3.8, 4) is 0 Å². The molecule has 0 bridgehead atoms. The molecule has 0 saturated carbocycles. The summed E-state index contributed by atoms with van der Waals surface area (Å²) in [5, 5.41) is 0. The first-order valence-electron chi connectivity index (χ1n) is 8.86. The smallest absolute Gasteiger partial charge is 0.244 e. The molecule has 1 aromatic heterocycles. The number of aryl methyl sites for hydroxylation is 1. The summed E-state index contributed by atoms with van der Waals surface area (Å²) in [7, 11) is -7.32. The Balaban J connectivity index is 1.58. The van der Waals surface area contributed by atoms with Crippen LogP contribution in [0.4, 0.5) is 4.39 Å². The predicted molar refractivity (Wildman–Crippen MR) is 102 cm³/mol. The van der Waals surface area contributed by atoms with E-state index in [1.807, 2.05) is 0 Å². The summed E-state index contributed by atoms with van der Waals surface area (Å²) in [4.78, 5) is 4.02. The van der Waals surface area contributed by atoms with E-state index in [-0.39, 0.29) is 27.8 Å². The fourth-order valence-electron chi connectivity index (χ4n) is 3.10. The van der Waals surface area contributed by atoms with Crippen molar-refractivity contribution < 1.29 is 21.2 Å². The molecular formula is C18H22FN3O4S2. The van der Waals surface area contributed by atoms with Crippen molar-refractivity contribution in [2.24, 2.45) is 5.92 Å². The van der Waals surface area contributed by atoms with Gasteiger partial charge in [-0.2, -0.15) is 4.31 Å². The molecule has 0 atom stereocenters. The van der Waals surface area contributed by atoms with Gasteiger partial charge in [0.15, 0.2) is 0 Å². The van der Waals surface area contributed by atoms with E-state index in [9.17, 15) is 21.2 Å². The molecule has 28 heavy (non-hydrogen) atoms. The van der Waals surface area contributed by atoms with Crippen LogP contribution in [0.1, 0.15) is 18.4 Å². The highest BCUT2D eigenvalue weighted by Crippen LogP contribution is 2.23. The zero-order valence-corrected chi connectivity index (χ0v) is 17.0. The Labute approximate surface area is 164 Å². The van der Waals surface area contributed by atoms with E-state index >= 15 is 0 Å². The standard InChI is InChI=1S/C18H22FN3O4S2/c1-14-11-16(4-5-18(14)19)27(23,24)21-12-15-6-9-22(10-7-15)28(25,26)17-3-2-8-20-13-17/h2-5,8,11,13,15,21H,6-7,9-10,12H2,1H3. The quantitative estimate of drug-likeness (QED) is 0.760. The molecule has 1 fully saturated rings. The summed E-state index contributed by atoms with van der Waals surface area (Å²) in [5.41, 5.74) is 0.261. The summed E-state index contributed by atoms with van der Waals surface area (Å²) in [6.45, 7) is 2.35. The summed E-state index contributed by atoms with van der Waals surface area (Å²) >= 11 is 0. The van der Waals surface area contributed by atoms with Crippen LogP contribution < -0.4 is 4.72 Å². The molecule has 3 rings (SSSR count). The molecule has 152 valence electrons. The monoisotopic (exact) mass is 427 g/mol. The molecule has 10 heteroatoms. The molecule has 1 aliphatic heterocycles. The second kappa shape index (κ2) is 8.24. The van der Waals surface area contributed by atoms with Crippen LogP contribution in [0.15, 0.2) is 52.5 Å². The van der Waals surface area contributed by atoms with Gasteiger partial charge in [0.05, 0.1) is 4.90 Å². The van der Waals surface area contributed by atoms with Crippen molar-refractivity contribution >= 4 is 20.0 Å². The van der Waals surface area contributed by atoms with Crippen LogP contribution >= 0.6 is 0 Å². The average molecular weight is 428 g/mol. The van der Waals surface area contributed by atoms with E-state index in [1.54, 1.807) is 6.07 Å². The molecule has 0 unspecified atom stereocenters. The van der Waals surface area contributed by atoms with Crippen LogP contribution in [0, 0.1) is 18.7 Å². The number of nitrogens with one attached hydrogen (secondary N) is 1. The van der Waals surface area contributed by atoms with Gasteiger partial charge in [-0.3, -0.25) is 4.98 Å². The van der Waals surface area contributed by atoms with E-state index in [2.05, 4.69) is 9.71 Å². The lowest BCUT2D eigenvalue weighted by Gasteiger charge is -2.31. The van der Waals surface area contributed by atoms with Gasteiger partial charge in [-0.15, -0.1) is 0 Å². The Morgan fingerprint density at radius 3 is 2.46 bits per heavy atom. The Kier molecular flexibility index (Phi) is 6.13. The van der Waals surface area contributed by atoms with E-state index < -0.39 is 25.9 Å². The van der Waals surface area contributed by atoms with Gasteiger partial charge in [0.25, 0.3) is 0 Å². The number of piperidine rings is 1. The van der Waals surface area contributed by atoms with Crippen molar-refractivity contribution in [1.82, 2.24) is 14.0 Å². The van der Waals surface area contributed by atoms with Crippen molar-refractivity contribution in [1.29, 1.82) is 0 Å². The minimum atomic E-state index is -3.74. The second-order valence-electron chi connectivity index (χ2n) is 6.80. The van der Waals surface area contributed by atoms with Gasteiger partial charge in [0.2, 0.25) is 20.0 Å². The first-order chi connectivity index (χ1) is 13.2. The largest absolute Gasteiger partial charge is 0.263 e. The van der Waals surface area contributed by atoms with Crippen LogP contribution in [-0.2, 0) is 20.0 Å². The number of nitrogens with zero attached hydrogens (tertiary/aromatic N) is 2. The molecule has 0 radical (unpaired) electrons. The van der Waals surface area contributed by atoms with Gasteiger partial charge in [0, 0.05) is 32.0 Å². The maximum absolute atomic E-state index is 13.3. The highest BCUT2D eigenvalue weighted by atomic mass is 32.2. The van der Waals surface area contributed by atoms with Gasteiger partial charge in [-0.1, -0.05) is 0 Å². The molecule has 2 heterocycles. The van der Waals surface area contributed by atoms with Crippen LogP contribution in [0.3, 0.4) is 0 Å². The number of hydrogen-bond acceptors (Lipinski definition) is 5. The van der Waals surface area contributed by atoms with E-state index in [0.29, 0.717) is 25.9 Å². The predicted octanol–water partition coefficient (Wildman–Crippen LogP) is 1.91. The van der Waals surface area contributed by atoms with Crippen LogP contribution in [-0.4, -0.2) is 45.8 Å². The van der Waals surface area contributed by atoms with Gasteiger partial charge in [0.1, 0.15) is 10.7 Å². The first kappa shape index (κ1) is 20.8. The van der Waals surface area contributed by atoms with Crippen molar-refractivity contribution in [2.45, 2.75) is 29.6 Å². The number of hydrogen-bond donors (Lipinski definition) is 1. The van der Waals surface area contributed by atoms with Crippen molar-refractivity contribution in [3.63, 3.8) is 0 Å². The Bertz CT molecular complexity index is 1040. The topological polar surface area (TPSA) is 96.4 Å². The second-order valence-corrected chi connectivity index (χ2v) is 10.5. The third-order valence-electron chi connectivity index (χ3n) is 4.85. The number of benzene rings is 1. The summed E-state index contributed by atoms with van der Waals surface area (Å²) < 4.78 is 67.3. The van der Waals surface area contributed by atoms with Gasteiger partial charge in [-0.05, 0) is 61.6 Å². The molecule has 1 aromatic carbocycles. The van der Waals surface area contributed by atoms with Gasteiger partial charge in [-0.25, -0.2) is 25.9 Å². The highest BCUT2D eigenvalue weighted by Gasteiger charge is 2.30. The fourth-order valence-corrected chi connectivity index (χ4v) is 5.73. The lowest BCUT2D eigenvalue weighted by molar-refractivity contribution is 0.274. The molecule has 2 aromatic rings. The normalized spacial score (nSPS) is 16.9. The lowest BCUT2D eigenvalue weighted by atomic mass is 9.99. The Morgan fingerprint density at radius 1 is 1.14 bits per heavy atom. The van der Waals surface area contributed by atoms with E-state index in [4.69, 9.17) is 0 Å². The molecule has 0 spiro atoms. The molecule has 0 aliphatic carbocycles. The maximum Gasteiger partial charge on any atom is 0.244 e. The summed E-state index contributed by atoms with van der Waals surface area (Å²) in [6, 6.07) is 6.74. The zero-order valence-electron chi connectivity index (χ0n) is 15.4. The van der Waals surface area contributed by atoms with Crippen molar-refractivity contribution in [2.75, 3.05) is 19.6 Å². The number of aromatic nitrogens is 1. The third-order valence-corrected chi connectivity index (χ3v) is 8.15. The lowest BCUT2D eigenvalue weighted by Crippen LogP contribution is -2.41. The molecule has 1 N–H and O–H groups in total. The SMILES string of the molecule is Cc1cc(S(=O)(=O)NCC2CCN(S(=O)(=O)c3cccnc3)CC2)ccc1F. The minimum Gasteiger partial charge on any atom is -0.263 e. The van der Waals surface area contributed by atoms with Gasteiger partial charge >= 0.3 is 0 Å². The molecule has 1 saturated heterocycles. The number of sulfonamides is 2. The summed E-state index contributed by atoms with van der Waals surface area (Å²) in [5.74, 6) is -0.433. The molecule has 7 nitrogen and oxygen atoms in total. The van der Waals surface area contributed by atoms with Crippen molar-refractivity contribution in [3.05, 3.63) is 54.1 Å². The van der Waals surface area contributed by atoms with Gasteiger partial charge < -0.3 is 0 Å². The molecular weight excluding hydrogens is 405 g/mol. The van der Waals surface area contributed by atoms with Crippen LogP contribution in [0.2, 0.25) is 0 Å². The highest BCUT2D eigenvalue weighted by molar-refractivity contribution is 7.89. The zero-order chi connectivity index (χ0) is 20.4. The van der Waals surface area contributed by atoms with E-state index in [1.165, 1.54) is 41.8 Å². The van der Waals surface area contributed by atoms with Crippen LogP contribution in [0.5, 0.6) is 0 Å². The van der Waals surface area contributed by atoms with E-state index in [0.717, 1.165) is 6.07 Å². The number of rotatable bonds is 6. The fraction of sp³-hybridized carbons (Fsp3) is 0.389. The van der Waals surface area contributed by atoms with Crippen LogP contribution in [0.25, 0.3) is 0 Å². The number of pyridine rings is 1. The molecule has 0 amide bonds. The first-order valence-corrected chi connectivity index (χ1v) is 11.8. The number of halogens is 1.